The molecule has 0 saturated carbocycles. The summed E-state index contributed by atoms with van der Waals surface area (Å²) in [5.74, 6) is -1.93. The second-order valence-corrected chi connectivity index (χ2v) is 6.46. The molecule has 5 heteroatoms. The Morgan fingerprint density at radius 1 is 1.14 bits per heavy atom. The van der Waals surface area contributed by atoms with Crippen molar-refractivity contribution in [3.63, 3.8) is 0 Å². The first-order valence-corrected chi connectivity index (χ1v) is 8.38. The highest BCUT2D eigenvalue weighted by atomic mass is 16.6. The zero-order chi connectivity index (χ0) is 15.6. The molecule has 122 valence electrons. The molecule has 3 heterocycles. The van der Waals surface area contributed by atoms with E-state index in [2.05, 4.69) is 6.92 Å². The highest BCUT2D eigenvalue weighted by Crippen LogP contribution is 2.51. The largest absolute Gasteiger partial charge is 0.393 e. The van der Waals surface area contributed by atoms with Crippen molar-refractivity contribution in [3.8, 4) is 0 Å². The van der Waals surface area contributed by atoms with Gasteiger partial charge < -0.3 is 14.2 Å². The Kier molecular flexibility index (Phi) is 4.64. The van der Waals surface area contributed by atoms with E-state index in [-0.39, 0.29) is 6.10 Å². The molecule has 0 aromatic heterocycles. The van der Waals surface area contributed by atoms with Gasteiger partial charge >= 0.3 is 11.9 Å². The van der Waals surface area contributed by atoms with Crippen LogP contribution in [-0.2, 0) is 23.8 Å². The first-order valence-electron chi connectivity index (χ1n) is 8.38. The summed E-state index contributed by atoms with van der Waals surface area (Å²) < 4.78 is 16.4. The summed E-state index contributed by atoms with van der Waals surface area (Å²) in [6.07, 6.45) is 10.7. The van der Waals surface area contributed by atoms with Gasteiger partial charge in [0.2, 0.25) is 0 Å². The molecule has 3 aliphatic rings. The van der Waals surface area contributed by atoms with Crippen molar-refractivity contribution in [2.45, 2.75) is 57.2 Å². The molecule has 0 aromatic carbocycles. The fraction of sp³-hybridized carbons (Fsp3) is 0.765. The maximum atomic E-state index is 11.9. The summed E-state index contributed by atoms with van der Waals surface area (Å²) in [7, 11) is 0. The van der Waals surface area contributed by atoms with E-state index in [9.17, 15) is 9.59 Å². The minimum atomic E-state index is -0.791. The number of carbonyl (C=O) groups is 2. The first kappa shape index (κ1) is 15.7. The Labute approximate surface area is 131 Å². The standard InChI is InChI=1S/C17H24O5/c1-2-3-4-5-6-7-10-20-11-17-9-8-12(22-17)13-14(17)16(19)21-15(13)18/h8-9,12-14H,2-7,10-11H2,1H3. The molecule has 2 fully saturated rings. The van der Waals surface area contributed by atoms with Crippen LogP contribution in [0.5, 0.6) is 0 Å². The number of esters is 2. The van der Waals surface area contributed by atoms with Crippen molar-refractivity contribution in [2.24, 2.45) is 11.8 Å². The third-order valence-corrected chi connectivity index (χ3v) is 4.86. The van der Waals surface area contributed by atoms with Crippen LogP contribution in [0.3, 0.4) is 0 Å². The van der Waals surface area contributed by atoms with Crippen LogP contribution >= 0.6 is 0 Å². The molecule has 4 atom stereocenters. The van der Waals surface area contributed by atoms with Gasteiger partial charge in [0, 0.05) is 6.61 Å². The van der Waals surface area contributed by atoms with Crippen LogP contribution in [0.15, 0.2) is 12.2 Å². The van der Waals surface area contributed by atoms with Gasteiger partial charge in [-0.05, 0) is 6.42 Å². The quantitative estimate of drug-likeness (QED) is 0.283. The van der Waals surface area contributed by atoms with Crippen LogP contribution in [-0.4, -0.2) is 36.9 Å². The van der Waals surface area contributed by atoms with Crippen molar-refractivity contribution in [1.29, 1.82) is 0 Å². The zero-order valence-electron chi connectivity index (χ0n) is 13.1. The third kappa shape index (κ3) is 2.72. The first-order chi connectivity index (χ1) is 10.7. The number of cyclic esters (lactones) is 2. The zero-order valence-corrected chi connectivity index (χ0v) is 13.1. The molecule has 5 nitrogen and oxygen atoms in total. The van der Waals surface area contributed by atoms with Crippen molar-refractivity contribution in [3.05, 3.63) is 12.2 Å². The third-order valence-electron chi connectivity index (χ3n) is 4.86. The number of carbonyl (C=O) groups excluding carboxylic acids is 2. The fourth-order valence-electron chi connectivity index (χ4n) is 3.69. The second-order valence-electron chi connectivity index (χ2n) is 6.46. The smallest absolute Gasteiger partial charge is 0.320 e. The van der Waals surface area contributed by atoms with Crippen LogP contribution in [0.2, 0.25) is 0 Å². The Bertz CT molecular complexity index is 472. The molecule has 0 aliphatic carbocycles. The molecule has 2 saturated heterocycles. The molecule has 0 spiro atoms. The van der Waals surface area contributed by atoms with Crippen LogP contribution in [0.25, 0.3) is 0 Å². The van der Waals surface area contributed by atoms with Gasteiger partial charge in [0.05, 0.1) is 12.7 Å². The Hall–Kier alpha value is -1.20. The lowest BCUT2D eigenvalue weighted by Crippen LogP contribution is -2.42. The van der Waals surface area contributed by atoms with E-state index in [4.69, 9.17) is 14.2 Å². The molecule has 2 bridgehead atoms. The average Bonchev–Trinajstić information content (AvgIpc) is 3.14. The van der Waals surface area contributed by atoms with E-state index >= 15 is 0 Å². The normalized spacial score (nSPS) is 35.2. The van der Waals surface area contributed by atoms with E-state index in [1.807, 2.05) is 12.2 Å². The Morgan fingerprint density at radius 3 is 2.73 bits per heavy atom. The highest BCUT2D eigenvalue weighted by Gasteiger charge is 2.67. The lowest BCUT2D eigenvalue weighted by Gasteiger charge is -2.26. The van der Waals surface area contributed by atoms with Crippen LogP contribution in [0.4, 0.5) is 0 Å². The molecule has 4 unspecified atom stereocenters. The maximum Gasteiger partial charge on any atom is 0.320 e. The van der Waals surface area contributed by atoms with Crippen LogP contribution in [0.1, 0.15) is 45.4 Å². The molecule has 0 N–H and O–H groups in total. The van der Waals surface area contributed by atoms with E-state index < -0.39 is 29.4 Å². The highest BCUT2D eigenvalue weighted by molar-refractivity contribution is 5.99. The number of unbranched alkanes of at least 4 members (excludes halogenated alkanes) is 5. The van der Waals surface area contributed by atoms with Gasteiger partial charge in [0.1, 0.15) is 17.4 Å². The van der Waals surface area contributed by atoms with E-state index in [1.165, 1.54) is 32.1 Å². The van der Waals surface area contributed by atoms with Crippen LogP contribution in [0, 0.1) is 11.8 Å². The lowest BCUT2D eigenvalue weighted by molar-refractivity contribution is -0.159. The molecule has 3 rings (SSSR count). The summed E-state index contributed by atoms with van der Waals surface area (Å²) >= 11 is 0. The molecular weight excluding hydrogens is 284 g/mol. The van der Waals surface area contributed by atoms with Gasteiger partial charge in [-0.2, -0.15) is 0 Å². The monoisotopic (exact) mass is 308 g/mol. The number of rotatable bonds is 9. The van der Waals surface area contributed by atoms with Gasteiger partial charge in [0.15, 0.2) is 0 Å². The van der Waals surface area contributed by atoms with Gasteiger partial charge in [-0.1, -0.05) is 51.2 Å². The molecular formula is C17H24O5. The number of fused-ring (bicyclic) bond motifs is 5. The number of hydrogen-bond donors (Lipinski definition) is 0. The molecule has 0 amide bonds. The lowest BCUT2D eigenvalue weighted by atomic mass is 9.77. The van der Waals surface area contributed by atoms with E-state index in [0.717, 1.165) is 6.42 Å². The van der Waals surface area contributed by atoms with Crippen molar-refractivity contribution < 1.29 is 23.8 Å². The van der Waals surface area contributed by atoms with Crippen molar-refractivity contribution >= 4 is 11.9 Å². The summed E-state index contributed by atoms with van der Waals surface area (Å²) in [5, 5.41) is 0. The summed E-state index contributed by atoms with van der Waals surface area (Å²) in [6.45, 7) is 3.19. The molecule has 0 aromatic rings. The fourth-order valence-corrected chi connectivity index (χ4v) is 3.69. The molecule has 0 radical (unpaired) electrons. The van der Waals surface area contributed by atoms with E-state index in [0.29, 0.717) is 13.2 Å². The summed E-state index contributed by atoms with van der Waals surface area (Å²) in [4.78, 5) is 23.6. The number of ether oxygens (including phenoxy) is 3. The average molecular weight is 308 g/mol. The topological polar surface area (TPSA) is 61.8 Å². The summed E-state index contributed by atoms with van der Waals surface area (Å²) in [6, 6.07) is 0. The van der Waals surface area contributed by atoms with Gasteiger partial charge in [-0.3, -0.25) is 9.59 Å². The van der Waals surface area contributed by atoms with Gasteiger partial charge in [-0.15, -0.1) is 0 Å². The van der Waals surface area contributed by atoms with Crippen molar-refractivity contribution in [1.82, 2.24) is 0 Å². The van der Waals surface area contributed by atoms with E-state index in [1.54, 1.807) is 0 Å². The summed E-state index contributed by atoms with van der Waals surface area (Å²) in [5.41, 5.74) is -0.791. The SMILES string of the molecule is CCCCCCCCOCC12C=CC(O1)C1C(=O)OC(=O)C12. The maximum absolute atomic E-state index is 11.9. The Balaban J connectivity index is 1.44. The van der Waals surface area contributed by atoms with Crippen molar-refractivity contribution in [2.75, 3.05) is 13.2 Å². The van der Waals surface area contributed by atoms with Crippen LogP contribution < -0.4 is 0 Å². The Morgan fingerprint density at radius 2 is 1.91 bits per heavy atom. The predicted molar refractivity (Wildman–Crippen MR) is 79.0 cm³/mol. The second kappa shape index (κ2) is 6.50. The number of hydrogen-bond acceptors (Lipinski definition) is 5. The predicted octanol–water partition coefficient (Wildman–Crippen LogP) is 2.39. The van der Waals surface area contributed by atoms with Gasteiger partial charge in [0.25, 0.3) is 0 Å². The minimum Gasteiger partial charge on any atom is -0.393 e. The minimum absolute atomic E-state index is 0.318. The van der Waals surface area contributed by atoms with Gasteiger partial charge in [-0.25, -0.2) is 0 Å². The molecule has 22 heavy (non-hydrogen) atoms. The molecule has 3 aliphatic heterocycles.